The second-order valence-electron chi connectivity index (χ2n) is 7.39. The van der Waals surface area contributed by atoms with Gasteiger partial charge in [0.2, 0.25) is 10.0 Å². The van der Waals surface area contributed by atoms with Crippen LogP contribution in [-0.4, -0.2) is 61.6 Å². The highest BCUT2D eigenvalue weighted by atomic mass is 32.2. The monoisotopic (exact) mass is 476 g/mol. The van der Waals surface area contributed by atoms with E-state index in [-0.39, 0.29) is 43.6 Å². The quantitative estimate of drug-likeness (QED) is 0.297. The highest BCUT2D eigenvalue weighted by Gasteiger charge is 2.34. The van der Waals surface area contributed by atoms with E-state index in [9.17, 15) is 27.2 Å². The molecular formula is C23H25FN2O6S. The summed E-state index contributed by atoms with van der Waals surface area (Å²) in [6, 6.07) is 9.67. The Bertz CT molecular complexity index is 1140. The highest BCUT2D eigenvalue weighted by Crippen LogP contribution is 2.23. The van der Waals surface area contributed by atoms with Crippen LogP contribution in [0.4, 0.5) is 4.39 Å². The molecule has 0 aromatic heterocycles. The number of ether oxygens (including phenoxy) is 1. The number of nitrogens with zero attached hydrogens (tertiary/aromatic N) is 2. The average Bonchev–Trinajstić information content (AvgIpc) is 3.04. The summed E-state index contributed by atoms with van der Waals surface area (Å²) in [6.07, 6.45) is 0.800. The van der Waals surface area contributed by atoms with E-state index >= 15 is 0 Å². The number of halogens is 1. The first-order valence-corrected chi connectivity index (χ1v) is 12.1. The van der Waals surface area contributed by atoms with Gasteiger partial charge in [0.05, 0.1) is 23.3 Å². The first-order chi connectivity index (χ1) is 15.7. The van der Waals surface area contributed by atoms with Crippen LogP contribution in [0.15, 0.2) is 47.4 Å². The Balaban J connectivity index is 1.55. The second-order valence-corrected chi connectivity index (χ2v) is 9.29. The maximum atomic E-state index is 14.2. The molecule has 8 nitrogen and oxygen atoms in total. The molecule has 10 heteroatoms. The lowest BCUT2D eigenvalue weighted by atomic mass is 10.1. The first kappa shape index (κ1) is 24.5. The van der Waals surface area contributed by atoms with Gasteiger partial charge in [0.25, 0.3) is 11.8 Å². The Morgan fingerprint density at radius 2 is 1.61 bits per heavy atom. The van der Waals surface area contributed by atoms with Crippen molar-refractivity contribution in [1.82, 2.24) is 9.21 Å². The van der Waals surface area contributed by atoms with Crippen LogP contribution in [-0.2, 0) is 14.8 Å². The summed E-state index contributed by atoms with van der Waals surface area (Å²) in [5, 5.41) is 0. The normalized spacial score (nSPS) is 13.5. The minimum atomic E-state index is -4.08. The number of hydrogen-bond acceptors (Lipinski definition) is 6. The van der Waals surface area contributed by atoms with E-state index in [0.717, 1.165) is 27.4 Å². The van der Waals surface area contributed by atoms with Crippen LogP contribution in [0.5, 0.6) is 0 Å². The van der Waals surface area contributed by atoms with E-state index in [0.29, 0.717) is 24.0 Å². The summed E-state index contributed by atoms with van der Waals surface area (Å²) in [4.78, 5) is 37.6. The lowest BCUT2D eigenvalue weighted by molar-refractivity contribution is 0.0485. The Labute approximate surface area is 192 Å². The lowest BCUT2D eigenvalue weighted by Crippen LogP contribution is -2.31. The molecule has 176 valence electrons. The van der Waals surface area contributed by atoms with Gasteiger partial charge in [0, 0.05) is 19.6 Å². The van der Waals surface area contributed by atoms with E-state index in [4.69, 9.17) is 4.74 Å². The minimum absolute atomic E-state index is 0.00247. The largest absolute Gasteiger partial charge is 0.462 e. The predicted molar refractivity (Wildman–Crippen MR) is 118 cm³/mol. The molecule has 0 N–H and O–H groups in total. The van der Waals surface area contributed by atoms with Crippen LogP contribution in [0, 0.1) is 5.82 Å². The Morgan fingerprint density at radius 3 is 2.18 bits per heavy atom. The molecular weight excluding hydrogens is 451 g/mol. The van der Waals surface area contributed by atoms with Gasteiger partial charge in [-0.05, 0) is 43.2 Å². The maximum absolute atomic E-state index is 14.2. The van der Waals surface area contributed by atoms with E-state index in [1.165, 1.54) is 0 Å². The van der Waals surface area contributed by atoms with Crippen molar-refractivity contribution in [3.05, 3.63) is 65.0 Å². The Morgan fingerprint density at radius 1 is 1.00 bits per heavy atom. The van der Waals surface area contributed by atoms with Crippen LogP contribution in [0.25, 0.3) is 0 Å². The van der Waals surface area contributed by atoms with Crippen molar-refractivity contribution in [3.8, 4) is 0 Å². The molecule has 0 atom stereocenters. The van der Waals surface area contributed by atoms with Gasteiger partial charge in [0.15, 0.2) is 0 Å². The van der Waals surface area contributed by atoms with Crippen molar-refractivity contribution in [1.29, 1.82) is 0 Å². The number of benzene rings is 2. The van der Waals surface area contributed by atoms with Crippen LogP contribution < -0.4 is 0 Å². The third kappa shape index (κ3) is 4.96. The van der Waals surface area contributed by atoms with Crippen molar-refractivity contribution in [2.24, 2.45) is 0 Å². The molecule has 3 rings (SSSR count). The highest BCUT2D eigenvalue weighted by molar-refractivity contribution is 7.89. The SMILES string of the molecule is CCN(CC)S(=O)(=O)c1cc(C(=O)OCCCCN2C(=O)c3ccccc3C2=O)ccc1F. The third-order valence-electron chi connectivity index (χ3n) is 5.38. The van der Waals surface area contributed by atoms with E-state index < -0.39 is 26.7 Å². The summed E-state index contributed by atoms with van der Waals surface area (Å²) in [5.41, 5.74) is 0.670. The standard InChI is InChI=1S/C23H25FN2O6S/c1-3-25(4-2)33(30,31)20-15-16(11-12-19(20)24)23(29)32-14-8-7-13-26-21(27)17-9-5-6-10-18(17)22(26)28/h5-6,9-12,15H,3-4,7-8,13-14H2,1-2H3. The zero-order valence-electron chi connectivity index (χ0n) is 18.4. The molecule has 33 heavy (non-hydrogen) atoms. The summed E-state index contributed by atoms with van der Waals surface area (Å²) >= 11 is 0. The van der Waals surface area contributed by atoms with Gasteiger partial charge in [-0.2, -0.15) is 4.31 Å². The molecule has 2 amide bonds. The summed E-state index contributed by atoms with van der Waals surface area (Å²) in [6.45, 7) is 3.79. The molecule has 2 aromatic rings. The number of imide groups is 1. The second kappa shape index (κ2) is 10.2. The molecule has 0 radical (unpaired) electrons. The van der Waals surface area contributed by atoms with Crippen molar-refractivity contribution < 1.29 is 31.9 Å². The fourth-order valence-corrected chi connectivity index (χ4v) is 5.14. The van der Waals surface area contributed by atoms with Gasteiger partial charge in [-0.15, -0.1) is 0 Å². The fourth-order valence-electron chi connectivity index (χ4n) is 3.59. The van der Waals surface area contributed by atoms with Crippen LogP contribution in [0.2, 0.25) is 0 Å². The molecule has 0 aliphatic carbocycles. The molecule has 1 aliphatic rings. The fraction of sp³-hybridized carbons (Fsp3) is 0.348. The van der Waals surface area contributed by atoms with E-state index in [1.807, 2.05) is 0 Å². The Kier molecular flexibility index (Phi) is 7.60. The number of amides is 2. The number of carbonyl (C=O) groups is 3. The van der Waals surface area contributed by atoms with Crippen molar-refractivity contribution in [2.45, 2.75) is 31.6 Å². The molecule has 1 heterocycles. The molecule has 0 spiro atoms. The molecule has 1 aliphatic heterocycles. The average molecular weight is 477 g/mol. The van der Waals surface area contributed by atoms with Crippen LogP contribution in [0.1, 0.15) is 57.8 Å². The zero-order valence-corrected chi connectivity index (χ0v) is 19.2. The summed E-state index contributed by atoms with van der Waals surface area (Å²) in [5.74, 6) is -2.42. The predicted octanol–water partition coefficient (Wildman–Crippen LogP) is 3.09. The molecule has 2 aromatic carbocycles. The summed E-state index contributed by atoms with van der Waals surface area (Å²) in [7, 11) is -4.08. The van der Waals surface area contributed by atoms with Crippen molar-refractivity contribution in [2.75, 3.05) is 26.2 Å². The summed E-state index contributed by atoms with van der Waals surface area (Å²) < 4.78 is 45.7. The zero-order chi connectivity index (χ0) is 24.2. The van der Waals surface area contributed by atoms with Crippen molar-refractivity contribution >= 4 is 27.8 Å². The molecule has 0 fully saturated rings. The topological polar surface area (TPSA) is 101 Å². The smallest absolute Gasteiger partial charge is 0.338 e. The molecule has 0 saturated carbocycles. The van der Waals surface area contributed by atoms with Gasteiger partial charge in [0.1, 0.15) is 10.7 Å². The van der Waals surface area contributed by atoms with E-state index in [2.05, 4.69) is 0 Å². The minimum Gasteiger partial charge on any atom is -0.462 e. The van der Waals surface area contributed by atoms with E-state index in [1.54, 1.807) is 38.1 Å². The number of unbranched alkanes of at least 4 members (excludes halogenated alkanes) is 1. The van der Waals surface area contributed by atoms with Gasteiger partial charge in [-0.1, -0.05) is 26.0 Å². The van der Waals surface area contributed by atoms with Crippen molar-refractivity contribution in [3.63, 3.8) is 0 Å². The number of rotatable bonds is 10. The van der Waals surface area contributed by atoms with Gasteiger partial charge in [-0.3, -0.25) is 14.5 Å². The van der Waals surface area contributed by atoms with Gasteiger partial charge >= 0.3 is 5.97 Å². The van der Waals surface area contributed by atoms with Gasteiger partial charge < -0.3 is 4.74 Å². The lowest BCUT2D eigenvalue weighted by Gasteiger charge is -2.19. The van der Waals surface area contributed by atoms with Crippen LogP contribution in [0.3, 0.4) is 0 Å². The number of hydrogen-bond donors (Lipinski definition) is 0. The number of esters is 1. The third-order valence-corrected chi connectivity index (χ3v) is 7.44. The number of carbonyl (C=O) groups excluding carboxylic acids is 3. The molecule has 0 unspecified atom stereocenters. The molecule has 0 saturated heterocycles. The number of fused-ring (bicyclic) bond motifs is 1. The maximum Gasteiger partial charge on any atom is 0.338 e. The molecule has 0 bridgehead atoms. The van der Waals surface area contributed by atoms with Crippen LogP contribution >= 0.6 is 0 Å². The first-order valence-electron chi connectivity index (χ1n) is 10.6. The number of sulfonamides is 1. The van der Waals surface area contributed by atoms with Gasteiger partial charge in [-0.25, -0.2) is 17.6 Å². The Hall–Kier alpha value is -3.11.